The normalized spacial score (nSPS) is 22.8. The van der Waals surface area contributed by atoms with Crippen molar-refractivity contribution in [2.75, 3.05) is 12.4 Å². The maximum absolute atomic E-state index is 9.35. The van der Waals surface area contributed by atoms with Crippen LogP contribution in [0.15, 0.2) is 0 Å². The van der Waals surface area contributed by atoms with Crippen LogP contribution in [0.25, 0.3) is 11.0 Å². The van der Waals surface area contributed by atoms with Gasteiger partial charge < -0.3 is 15.2 Å². The number of rotatable bonds is 3. The van der Waals surface area contributed by atoms with Crippen molar-refractivity contribution >= 4 is 16.9 Å². The molecule has 0 saturated heterocycles. The first-order valence-corrected chi connectivity index (χ1v) is 5.40. The molecule has 17 heavy (non-hydrogen) atoms. The van der Waals surface area contributed by atoms with E-state index in [0.717, 1.165) is 11.8 Å². The number of H-pyrrole nitrogens is 1. The monoisotopic (exact) mass is 235 g/mol. The van der Waals surface area contributed by atoms with Gasteiger partial charge >= 0.3 is 0 Å². The van der Waals surface area contributed by atoms with Gasteiger partial charge in [-0.25, -0.2) is 9.97 Å². The summed E-state index contributed by atoms with van der Waals surface area (Å²) in [7, 11) is 1.55. The fourth-order valence-electron chi connectivity index (χ4n) is 1.78. The van der Waals surface area contributed by atoms with E-state index in [1.807, 2.05) is 0 Å². The molecule has 0 aliphatic heterocycles. The van der Waals surface area contributed by atoms with Gasteiger partial charge in [-0.15, -0.1) is 5.10 Å². The van der Waals surface area contributed by atoms with Gasteiger partial charge in [0, 0.05) is 0 Å². The average molecular weight is 235 g/mol. The van der Waals surface area contributed by atoms with Crippen molar-refractivity contribution in [3.8, 4) is 5.88 Å². The van der Waals surface area contributed by atoms with Crippen molar-refractivity contribution in [2.45, 2.75) is 25.5 Å². The summed E-state index contributed by atoms with van der Waals surface area (Å²) < 4.78 is 5.15. The van der Waals surface area contributed by atoms with Crippen LogP contribution >= 0.6 is 0 Å². The Bertz CT molecular complexity index is 567. The molecular weight excluding hydrogens is 222 g/mol. The van der Waals surface area contributed by atoms with Gasteiger partial charge in [0.1, 0.15) is 17.0 Å². The maximum atomic E-state index is 9.35. The fraction of sp³-hybridized carbons (Fsp3) is 0.500. The third kappa shape index (κ3) is 1.68. The van der Waals surface area contributed by atoms with Crippen LogP contribution < -0.4 is 10.1 Å². The van der Waals surface area contributed by atoms with Gasteiger partial charge in [0.2, 0.25) is 5.88 Å². The number of methoxy groups -OCH3 is 1. The van der Waals surface area contributed by atoms with Crippen molar-refractivity contribution < 1.29 is 9.84 Å². The van der Waals surface area contributed by atoms with Crippen molar-refractivity contribution in [1.29, 1.82) is 0 Å². The lowest BCUT2D eigenvalue weighted by Crippen LogP contribution is -2.09. The molecule has 0 bridgehead atoms. The summed E-state index contributed by atoms with van der Waals surface area (Å²) in [6.07, 6.45) is 0.447. The van der Waals surface area contributed by atoms with Crippen LogP contribution in [0, 0.1) is 6.92 Å². The number of hydrogen-bond acceptors (Lipinski definition) is 6. The number of anilines is 1. The Hall–Kier alpha value is -1.89. The molecule has 3 N–H and O–H groups in total. The number of nitrogens with zero attached hydrogens (tertiary/aromatic N) is 3. The average Bonchev–Trinajstić information content (AvgIpc) is 2.83. The maximum Gasteiger partial charge on any atom is 0.245 e. The fourth-order valence-corrected chi connectivity index (χ4v) is 1.78. The number of aryl methyl sites for hydroxylation is 1. The molecule has 1 aliphatic carbocycles. The molecule has 1 saturated carbocycles. The highest BCUT2D eigenvalue weighted by molar-refractivity contribution is 5.91. The van der Waals surface area contributed by atoms with Crippen LogP contribution in [0.2, 0.25) is 0 Å². The second-order valence-corrected chi connectivity index (χ2v) is 4.13. The van der Waals surface area contributed by atoms with Gasteiger partial charge in [-0.2, -0.15) is 0 Å². The Kier molecular flexibility index (Phi) is 2.15. The molecule has 0 spiro atoms. The summed E-state index contributed by atoms with van der Waals surface area (Å²) in [4.78, 5) is 8.56. The van der Waals surface area contributed by atoms with Gasteiger partial charge in [-0.05, 0) is 13.3 Å². The van der Waals surface area contributed by atoms with E-state index in [0.29, 0.717) is 23.2 Å². The quantitative estimate of drug-likeness (QED) is 0.704. The van der Waals surface area contributed by atoms with Gasteiger partial charge in [0.25, 0.3) is 0 Å². The minimum atomic E-state index is -0.293. The molecule has 2 aromatic heterocycles. The zero-order chi connectivity index (χ0) is 12.0. The molecule has 2 heterocycles. The van der Waals surface area contributed by atoms with E-state index in [1.165, 1.54) is 0 Å². The van der Waals surface area contributed by atoms with E-state index in [4.69, 9.17) is 4.74 Å². The summed E-state index contributed by atoms with van der Waals surface area (Å²) in [5.41, 5.74) is 0.631. The number of fused-ring (bicyclic) bond motifs is 1. The van der Waals surface area contributed by atoms with Gasteiger partial charge in [0.15, 0.2) is 5.65 Å². The molecule has 2 atom stereocenters. The molecule has 3 rings (SSSR count). The minimum absolute atomic E-state index is 0.0621. The predicted molar refractivity (Wildman–Crippen MR) is 61.0 cm³/mol. The highest BCUT2D eigenvalue weighted by Crippen LogP contribution is 2.32. The zero-order valence-corrected chi connectivity index (χ0v) is 9.56. The van der Waals surface area contributed by atoms with E-state index in [-0.39, 0.29) is 12.1 Å². The topological polar surface area (TPSA) is 96.0 Å². The second kappa shape index (κ2) is 3.56. The molecule has 7 heteroatoms. The number of ether oxygens (including phenoxy) is 1. The van der Waals surface area contributed by atoms with Crippen LogP contribution in [0.1, 0.15) is 12.2 Å². The molecule has 0 aromatic carbocycles. The van der Waals surface area contributed by atoms with E-state index in [9.17, 15) is 5.11 Å². The number of aromatic nitrogens is 4. The van der Waals surface area contributed by atoms with Crippen molar-refractivity contribution in [1.82, 2.24) is 20.2 Å². The first kappa shape index (κ1) is 10.3. The molecule has 1 aliphatic rings. The summed E-state index contributed by atoms with van der Waals surface area (Å²) in [5, 5.41) is 20.0. The number of aliphatic hydroxyl groups excluding tert-OH is 1. The third-order valence-corrected chi connectivity index (χ3v) is 2.77. The van der Waals surface area contributed by atoms with E-state index in [2.05, 4.69) is 25.5 Å². The number of aromatic amines is 1. The lowest BCUT2D eigenvalue weighted by Gasteiger charge is -2.06. The lowest BCUT2D eigenvalue weighted by atomic mass is 10.3. The molecular formula is C10H13N5O2. The van der Waals surface area contributed by atoms with Crippen LogP contribution in [0.4, 0.5) is 5.82 Å². The van der Waals surface area contributed by atoms with Gasteiger partial charge in [-0.3, -0.25) is 5.10 Å². The summed E-state index contributed by atoms with van der Waals surface area (Å²) in [6.45, 7) is 1.81. The number of nitrogens with one attached hydrogen (secondary N) is 2. The standard InChI is InChI=1S/C10H13N5O2/c1-4-11-8(13-5-3-6(5)16)7-9(12-4)14-15-10(7)17-2/h5-6,16H,3H2,1-2H3,(H2,11,12,13,14,15). The smallest absolute Gasteiger partial charge is 0.245 e. The van der Waals surface area contributed by atoms with Crippen LogP contribution in [-0.4, -0.2) is 44.5 Å². The first-order valence-electron chi connectivity index (χ1n) is 5.40. The molecule has 2 aromatic rings. The SMILES string of the molecule is COc1n[nH]c2nc(C)nc(NC3CC3O)c12. The Morgan fingerprint density at radius 1 is 1.47 bits per heavy atom. The van der Waals surface area contributed by atoms with E-state index < -0.39 is 0 Å². The Morgan fingerprint density at radius 2 is 2.24 bits per heavy atom. The number of aliphatic hydroxyl groups is 1. The highest BCUT2D eigenvalue weighted by atomic mass is 16.5. The van der Waals surface area contributed by atoms with Crippen LogP contribution in [0.5, 0.6) is 5.88 Å². The summed E-state index contributed by atoms with van der Waals surface area (Å²) >= 11 is 0. The van der Waals surface area contributed by atoms with Gasteiger partial charge in [-0.1, -0.05) is 0 Å². The molecule has 2 unspecified atom stereocenters. The highest BCUT2D eigenvalue weighted by Gasteiger charge is 2.36. The van der Waals surface area contributed by atoms with Crippen molar-refractivity contribution in [2.24, 2.45) is 0 Å². The molecule has 1 fully saturated rings. The molecule has 7 nitrogen and oxygen atoms in total. The lowest BCUT2D eigenvalue weighted by molar-refractivity contribution is 0.274. The summed E-state index contributed by atoms with van der Waals surface area (Å²) in [6, 6.07) is 0.0621. The summed E-state index contributed by atoms with van der Waals surface area (Å²) in [5.74, 6) is 1.75. The Labute approximate surface area is 97.2 Å². The molecule has 0 amide bonds. The van der Waals surface area contributed by atoms with Crippen molar-refractivity contribution in [3.63, 3.8) is 0 Å². The zero-order valence-electron chi connectivity index (χ0n) is 9.56. The van der Waals surface area contributed by atoms with E-state index >= 15 is 0 Å². The Morgan fingerprint density at radius 3 is 2.88 bits per heavy atom. The molecule has 0 radical (unpaired) electrons. The largest absolute Gasteiger partial charge is 0.479 e. The van der Waals surface area contributed by atoms with Crippen LogP contribution in [-0.2, 0) is 0 Å². The minimum Gasteiger partial charge on any atom is -0.479 e. The van der Waals surface area contributed by atoms with Crippen molar-refractivity contribution in [3.05, 3.63) is 5.82 Å². The molecule has 90 valence electrons. The Balaban J connectivity index is 2.09. The first-order chi connectivity index (χ1) is 8.19. The third-order valence-electron chi connectivity index (χ3n) is 2.77. The van der Waals surface area contributed by atoms with Crippen LogP contribution in [0.3, 0.4) is 0 Å². The predicted octanol–water partition coefficient (Wildman–Crippen LogP) is 0.215. The van der Waals surface area contributed by atoms with E-state index in [1.54, 1.807) is 14.0 Å². The van der Waals surface area contributed by atoms with Gasteiger partial charge in [0.05, 0.1) is 19.3 Å². The second-order valence-electron chi connectivity index (χ2n) is 4.13. The number of hydrogen-bond donors (Lipinski definition) is 3.